The van der Waals surface area contributed by atoms with Crippen LogP contribution in [0.5, 0.6) is 5.75 Å². The fourth-order valence-corrected chi connectivity index (χ4v) is 1.30. The Morgan fingerprint density at radius 2 is 2.06 bits per heavy atom. The molecule has 0 saturated heterocycles. The van der Waals surface area contributed by atoms with Crippen LogP contribution in [0.25, 0.3) is 0 Å². The molecule has 0 bridgehead atoms. The van der Waals surface area contributed by atoms with Crippen LogP contribution in [0, 0.1) is 0 Å². The molecule has 0 fully saturated rings. The van der Waals surface area contributed by atoms with E-state index in [1.807, 2.05) is 10.9 Å². The first-order valence-corrected chi connectivity index (χ1v) is 5.97. The number of methoxy groups -OCH3 is 1. The largest absolute Gasteiger partial charge is 0.488 e. The molecule has 0 aromatic carbocycles. The van der Waals surface area contributed by atoms with Crippen LogP contribution >= 0.6 is 0 Å². The van der Waals surface area contributed by atoms with Crippen LogP contribution in [-0.4, -0.2) is 43.3 Å². The maximum absolute atomic E-state index is 5.50. The Kier molecular flexibility index (Phi) is 6.65. The SMILES string of the molecule is COCCCOCCOc1cnn(C(C)C)c1. The second-order valence-electron chi connectivity index (χ2n) is 4.06. The van der Waals surface area contributed by atoms with Crippen molar-refractivity contribution in [3.8, 4) is 5.75 Å². The van der Waals surface area contributed by atoms with Crippen molar-refractivity contribution in [2.24, 2.45) is 0 Å². The van der Waals surface area contributed by atoms with Crippen LogP contribution < -0.4 is 4.74 Å². The molecule has 0 saturated carbocycles. The maximum Gasteiger partial charge on any atom is 0.157 e. The lowest BCUT2D eigenvalue weighted by molar-refractivity contribution is 0.0806. The molecular formula is C12H22N2O3. The van der Waals surface area contributed by atoms with Gasteiger partial charge in [-0.1, -0.05) is 0 Å². The predicted octanol–water partition coefficient (Wildman–Crippen LogP) is 1.90. The molecule has 0 aliphatic carbocycles. The van der Waals surface area contributed by atoms with Crippen molar-refractivity contribution >= 4 is 0 Å². The molecular weight excluding hydrogens is 220 g/mol. The second kappa shape index (κ2) is 8.08. The molecule has 0 aliphatic rings. The van der Waals surface area contributed by atoms with Gasteiger partial charge < -0.3 is 14.2 Å². The number of hydrogen-bond acceptors (Lipinski definition) is 4. The molecule has 1 rings (SSSR count). The first kappa shape index (κ1) is 14.0. The van der Waals surface area contributed by atoms with Crippen molar-refractivity contribution in [2.45, 2.75) is 26.3 Å². The fourth-order valence-electron chi connectivity index (χ4n) is 1.30. The Hall–Kier alpha value is -1.07. The van der Waals surface area contributed by atoms with Gasteiger partial charge in [0.25, 0.3) is 0 Å². The molecule has 0 spiro atoms. The van der Waals surface area contributed by atoms with Crippen LogP contribution in [0.1, 0.15) is 26.3 Å². The third kappa shape index (κ3) is 5.70. The number of nitrogens with zero attached hydrogens (tertiary/aromatic N) is 2. The van der Waals surface area contributed by atoms with Gasteiger partial charge in [0, 0.05) is 26.4 Å². The molecule has 1 aromatic heterocycles. The van der Waals surface area contributed by atoms with Gasteiger partial charge in [-0.05, 0) is 20.3 Å². The highest BCUT2D eigenvalue weighted by molar-refractivity contribution is 5.11. The number of rotatable bonds is 9. The fraction of sp³-hybridized carbons (Fsp3) is 0.750. The average Bonchev–Trinajstić information content (AvgIpc) is 2.77. The van der Waals surface area contributed by atoms with Crippen LogP contribution in [0.2, 0.25) is 0 Å². The highest BCUT2D eigenvalue weighted by atomic mass is 16.5. The number of ether oxygens (including phenoxy) is 3. The quantitative estimate of drug-likeness (QED) is 0.620. The van der Waals surface area contributed by atoms with Crippen molar-refractivity contribution in [1.29, 1.82) is 0 Å². The summed E-state index contributed by atoms with van der Waals surface area (Å²) in [5.74, 6) is 0.791. The lowest BCUT2D eigenvalue weighted by atomic mass is 10.4. The van der Waals surface area contributed by atoms with Crippen LogP contribution in [-0.2, 0) is 9.47 Å². The summed E-state index contributed by atoms with van der Waals surface area (Å²) in [5, 5.41) is 4.19. The molecule has 98 valence electrons. The summed E-state index contributed by atoms with van der Waals surface area (Å²) >= 11 is 0. The number of hydrogen-bond donors (Lipinski definition) is 0. The van der Waals surface area contributed by atoms with E-state index in [1.54, 1.807) is 13.3 Å². The number of aromatic nitrogens is 2. The lowest BCUT2D eigenvalue weighted by Gasteiger charge is -2.05. The minimum atomic E-state index is 0.359. The van der Waals surface area contributed by atoms with Crippen molar-refractivity contribution in [2.75, 3.05) is 33.5 Å². The molecule has 1 aromatic rings. The van der Waals surface area contributed by atoms with E-state index in [4.69, 9.17) is 14.2 Å². The van der Waals surface area contributed by atoms with Gasteiger partial charge in [0.1, 0.15) is 6.61 Å². The van der Waals surface area contributed by atoms with Crippen molar-refractivity contribution in [3.63, 3.8) is 0 Å². The molecule has 5 heteroatoms. The standard InChI is InChI=1S/C12H22N2O3/c1-11(2)14-10-12(9-13-14)17-8-7-16-6-4-5-15-3/h9-11H,4-8H2,1-3H3. The topological polar surface area (TPSA) is 45.5 Å². The van der Waals surface area contributed by atoms with E-state index >= 15 is 0 Å². The monoisotopic (exact) mass is 242 g/mol. The summed E-state index contributed by atoms with van der Waals surface area (Å²) in [7, 11) is 1.69. The highest BCUT2D eigenvalue weighted by Crippen LogP contribution is 2.11. The molecule has 0 amide bonds. The lowest BCUT2D eigenvalue weighted by Crippen LogP contribution is -2.08. The van der Waals surface area contributed by atoms with E-state index < -0.39 is 0 Å². The summed E-state index contributed by atoms with van der Waals surface area (Å²) in [6, 6.07) is 0.359. The van der Waals surface area contributed by atoms with Crippen molar-refractivity contribution in [3.05, 3.63) is 12.4 Å². The summed E-state index contributed by atoms with van der Waals surface area (Å²) in [6.07, 6.45) is 4.54. The smallest absolute Gasteiger partial charge is 0.157 e. The van der Waals surface area contributed by atoms with E-state index in [-0.39, 0.29) is 0 Å². The molecule has 0 radical (unpaired) electrons. The average molecular weight is 242 g/mol. The zero-order valence-corrected chi connectivity index (χ0v) is 10.9. The molecule has 1 heterocycles. The zero-order chi connectivity index (χ0) is 12.5. The Bertz CT molecular complexity index is 300. The van der Waals surface area contributed by atoms with Crippen molar-refractivity contribution < 1.29 is 14.2 Å². The Morgan fingerprint density at radius 3 is 2.71 bits per heavy atom. The van der Waals surface area contributed by atoms with Gasteiger partial charge in [0.15, 0.2) is 5.75 Å². The Morgan fingerprint density at radius 1 is 1.24 bits per heavy atom. The van der Waals surface area contributed by atoms with E-state index in [0.29, 0.717) is 25.9 Å². The third-order valence-electron chi connectivity index (χ3n) is 2.24. The summed E-state index contributed by atoms with van der Waals surface area (Å²) < 4.78 is 17.7. The summed E-state index contributed by atoms with van der Waals surface area (Å²) in [6.45, 7) is 6.75. The van der Waals surface area contributed by atoms with E-state index in [0.717, 1.165) is 18.8 Å². The third-order valence-corrected chi connectivity index (χ3v) is 2.24. The first-order valence-electron chi connectivity index (χ1n) is 5.97. The first-order chi connectivity index (χ1) is 8.24. The van der Waals surface area contributed by atoms with E-state index in [2.05, 4.69) is 18.9 Å². The normalized spacial score (nSPS) is 11.1. The second-order valence-corrected chi connectivity index (χ2v) is 4.06. The van der Waals surface area contributed by atoms with Crippen LogP contribution in [0.15, 0.2) is 12.4 Å². The predicted molar refractivity (Wildman–Crippen MR) is 65.4 cm³/mol. The van der Waals surface area contributed by atoms with Gasteiger partial charge in [-0.15, -0.1) is 0 Å². The molecule has 0 atom stereocenters. The minimum Gasteiger partial charge on any atom is -0.488 e. The van der Waals surface area contributed by atoms with Gasteiger partial charge in [0.05, 0.1) is 19.0 Å². The van der Waals surface area contributed by atoms with Crippen LogP contribution in [0.3, 0.4) is 0 Å². The summed E-state index contributed by atoms with van der Waals surface area (Å²) in [5.41, 5.74) is 0. The zero-order valence-electron chi connectivity index (χ0n) is 10.9. The molecule has 0 N–H and O–H groups in total. The molecule has 5 nitrogen and oxygen atoms in total. The van der Waals surface area contributed by atoms with Gasteiger partial charge >= 0.3 is 0 Å². The molecule has 0 unspecified atom stereocenters. The molecule has 0 aliphatic heterocycles. The van der Waals surface area contributed by atoms with E-state index in [1.165, 1.54) is 0 Å². The molecule has 17 heavy (non-hydrogen) atoms. The van der Waals surface area contributed by atoms with Gasteiger partial charge in [-0.3, -0.25) is 4.68 Å². The van der Waals surface area contributed by atoms with Crippen molar-refractivity contribution in [1.82, 2.24) is 9.78 Å². The Balaban J connectivity index is 2.05. The van der Waals surface area contributed by atoms with Gasteiger partial charge in [-0.25, -0.2) is 0 Å². The van der Waals surface area contributed by atoms with E-state index in [9.17, 15) is 0 Å². The van der Waals surface area contributed by atoms with Gasteiger partial charge in [-0.2, -0.15) is 5.10 Å². The minimum absolute atomic E-state index is 0.359. The maximum atomic E-state index is 5.50. The van der Waals surface area contributed by atoms with Gasteiger partial charge in [0.2, 0.25) is 0 Å². The Labute approximate surface area is 103 Å². The highest BCUT2D eigenvalue weighted by Gasteiger charge is 2.01. The van der Waals surface area contributed by atoms with Crippen LogP contribution in [0.4, 0.5) is 0 Å². The summed E-state index contributed by atoms with van der Waals surface area (Å²) in [4.78, 5) is 0.